The predicted octanol–water partition coefficient (Wildman–Crippen LogP) is 2.01. The van der Waals surface area contributed by atoms with E-state index in [4.69, 9.17) is 0 Å². The minimum Gasteiger partial charge on any atom is -0.308 e. The van der Waals surface area contributed by atoms with E-state index < -0.39 is 0 Å². The van der Waals surface area contributed by atoms with Gasteiger partial charge in [0.1, 0.15) is 11.4 Å². The first-order chi connectivity index (χ1) is 11.1. The van der Waals surface area contributed by atoms with Crippen molar-refractivity contribution in [3.63, 3.8) is 0 Å². The van der Waals surface area contributed by atoms with E-state index in [0.717, 1.165) is 0 Å². The number of anilines is 1. The molecule has 3 aromatic heterocycles. The fraction of sp³-hybridized carbons (Fsp3) is 0.267. The molecule has 3 rings (SSSR count). The summed E-state index contributed by atoms with van der Waals surface area (Å²) in [4.78, 5) is 37.7. The summed E-state index contributed by atoms with van der Waals surface area (Å²) in [5.41, 5.74) is 0.481. The molecule has 0 saturated heterocycles. The van der Waals surface area contributed by atoms with Crippen LogP contribution in [0, 0.1) is 0 Å². The van der Waals surface area contributed by atoms with Gasteiger partial charge in [-0.3, -0.25) is 19.1 Å². The highest BCUT2D eigenvalue weighted by Gasteiger charge is 2.13. The summed E-state index contributed by atoms with van der Waals surface area (Å²) in [5, 5.41) is 5.04. The van der Waals surface area contributed by atoms with Gasteiger partial charge in [-0.15, -0.1) is 11.3 Å². The van der Waals surface area contributed by atoms with Crippen LogP contribution in [0.3, 0.4) is 0 Å². The minimum absolute atomic E-state index is 0.119. The third-order valence-corrected chi connectivity index (χ3v) is 4.12. The summed E-state index contributed by atoms with van der Waals surface area (Å²) < 4.78 is 1.29. The van der Waals surface area contributed by atoms with E-state index in [-0.39, 0.29) is 23.9 Å². The Hall–Kier alpha value is -2.61. The Bertz CT molecular complexity index is 915. The molecule has 0 aromatic carbocycles. The topological polar surface area (TPSA) is 89.8 Å². The number of carbonyl (C=O) groups excluding carboxylic acids is 1. The van der Waals surface area contributed by atoms with Gasteiger partial charge in [0, 0.05) is 12.4 Å². The van der Waals surface area contributed by atoms with Crippen LogP contribution in [0.4, 0.5) is 5.82 Å². The van der Waals surface area contributed by atoms with Crippen molar-refractivity contribution in [2.24, 2.45) is 0 Å². The van der Waals surface area contributed by atoms with E-state index in [2.05, 4.69) is 20.3 Å². The molecule has 0 aliphatic rings. The molecule has 0 fully saturated rings. The van der Waals surface area contributed by atoms with Gasteiger partial charge in [0.15, 0.2) is 5.82 Å². The lowest BCUT2D eigenvalue weighted by molar-refractivity contribution is -0.116. The lowest BCUT2D eigenvalue weighted by Gasteiger charge is -2.11. The molecule has 0 aliphatic heterocycles. The molecular formula is C15H15N5O2S. The highest BCUT2D eigenvalue weighted by molar-refractivity contribution is 7.16. The monoisotopic (exact) mass is 329 g/mol. The molecule has 0 atom stereocenters. The summed E-state index contributed by atoms with van der Waals surface area (Å²) in [7, 11) is 0. The molecule has 0 radical (unpaired) electrons. The van der Waals surface area contributed by atoms with E-state index in [0.29, 0.717) is 21.7 Å². The number of fused-ring (bicyclic) bond motifs is 1. The second-order valence-electron chi connectivity index (χ2n) is 5.31. The van der Waals surface area contributed by atoms with Crippen molar-refractivity contribution in [2.75, 3.05) is 5.32 Å². The standard InChI is InChI=1S/C15H15N5O2S/c1-9(2)12-13(17-5-4-16-12)19-11(21)7-20-8-18-14-10(15(20)22)3-6-23-14/h3-6,8-9H,7H2,1-2H3,(H,17,19,21). The molecule has 23 heavy (non-hydrogen) atoms. The summed E-state index contributed by atoms with van der Waals surface area (Å²) in [6.07, 6.45) is 4.50. The Labute approximate surface area is 136 Å². The van der Waals surface area contributed by atoms with Gasteiger partial charge in [-0.05, 0) is 17.4 Å². The van der Waals surface area contributed by atoms with Crippen LogP contribution >= 0.6 is 11.3 Å². The number of thiophene rings is 1. The van der Waals surface area contributed by atoms with Crippen molar-refractivity contribution < 1.29 is 4.79 Å². The van der Waals surface area contributed by atoms with Crippen LogP contribution < -0.4 is 10.9 Å². The van der Waals surface area contributed by atoms with Crippen molar-refractivity contribution in [1.82, 2.24) is 19.5 Å². The van der Waals surface area contributed by atoms with Crippen LogP contribution in [0.25, 0.3) is 10.2 Å². The molecule has 0 saturated carbocycles. The molecule has 3 aromatic rings. The first-order valence-electron chi connectivity index (χ1n) is 7.09. The number of aromatic nitrogens is 4. The molecule has 3 heterocycles. The predicted molar refractivity (Wildman–Crippen MR) is 88.6 cm³/mol. The van der Waals surface area contributed by atoms with Crippen molar-refractivity contribution >= 4 is 33.3 Å². The van der Waals surface area contributed by atoms with Gasteiger partial charge < -0.3 is 5.32 Å². The fourth-order valence-corrected chi connectivity index (χ4v) is 2.92. The number of carbonyl (C=O) groups is 1. The average molecular weight is 329 g/mol. The second kappa shape index (κ2) is 6.25. The second-order valence-corrected chi connectivity index (χ2v) is 6.20. The summed E-state index contributed by atoms with van der Waals surface area (Å²) >= 11 is 1.39. The van der Waals surface area contributed by atoms with Crippen LogP contribution in [0.1, 0.15) is 25.5 Å². The van der Waals surface area contributed by atoms with Crippen molar-refractivity contribution in [3.8, 4) is 0 Å². The van der Waals surface area contributed by atoms with E-state index in [1.165, 1.54) is 28.4 Å². The Morgan fingerprint density at radius 3 is 2.87 bits per heavy atom. The number of amides is 1. The summed E-state index contributed by atoms with van der Waals surface area (Å²) in [6, 6.07) is 1.71. The van der Waals surface area contributed by atoms with Gasteiger partial charge in [0.25, 0.3) is 5.56 Å². The first kappa shape index (κ1) is 15.3. The lowest BCUT2D eigenvalue weighted by atomic mass is 10.1. The molecule has 0 aliphatic carbocycles. The summed E-state index contributed by atoms with van der Waals surface area (Å²) in [6.45, 7) is 3.82. The quantitative estimate of drug-likeness (QED) is 0.791. The van der Waals surface area contributed by atoms with Crippen molar-refractivity contribution in [1.29, 1.82) is 0 Å². The molecular weight excluding hydrogens is 314 g/mol. The van der Waals surface area contributed by atoms with Gasteiger partial charge in [-0.1, -0.05) is 13.8 Å². The van der Waals surface area contributed by atoms with Gasteiger partial charge in [-0.2, -0.15) is 0 Å². The fourth-order valence-electron chi connectivity index (χ4n) is 2.20. The van der Waals surface area contributed by atoms with E-state index >= 15 is 0 Å². The molecule has 0 unspecified atom stereocenters. The molecule has 7 nitrogen and oxygen atoms in total. The number of nitrogens with zero attached hydrogens (tertiary/aromatic N) is 4. The molecule has 8 heteroatoms. The maximum Gasteiger partial charge on any atom is 0.262 e. The Kier molecular flexibility index (Phi) is 4.16. The number of rotatable bonds is 4. The lowest BCUT2D eigenvalue weighted by Crippen LogP contribution is -2.28. The van der Waals surface area contributed by atoms with E-state index in [1.807, 2.05) is 13.8 Å². The van der Waals surface area contributed by atoms with Crippen LogP contribution in [0.2, 0.25) is 0 Å². The molecule has 0 spiro atoms. The first-order valence-corrected chi connectivity index (χ1v) is 7.97. The molecule has 118 valence electrons. The minimum atomic E-state index is -0.342. The van der Waals surface area contributed by atoms with Crippen molar-refractivity contribution in [2.45, 2.75) is 26.3 Å². The van der Waals surface area contributed by atoms with Crippen molar-refractivity contribution in [3.05, 3.63) is 46.2 Å². The van der Waals surface area contributed by atoms with Gasteiger partial charge in [0.05, 0.1) is 17.4 Å². The maximum atomic E-state index is 12.3. The maximum absolute atomic E-state index is 12.3. The van der Waals surface area contributed by atoms with Crippen LogP contribution in [-0.2, 0) is 11.3 Å². The SMILES string of the molecule is CC(C)c1nccnc1NC(=O)Cn1cnc2sccc2c1=O. The zero-order chi connectivity index (χ0) is 16.4. The molecule has 0 bridgehead atoms. The Balaban J connectivity index is 1.82. The van der Waals surface area contributed by atoms with Crippen LogP contribution in [0.5, 0.6) is 0 Å². The smallest absolute Gasteiger partial charge is 0.262 e. The average Bonchev–Trinajstić information content (AvgIpc) is 3.00. The Morgan fingerprint density at radius 1 is 1.30 bits per heavy atom. The van der Waals surface area contributed by atoms with Crippen LogP contribution in [0.15, 0.2) is 35.0 Å². The zero-order valence-electron chi connectivity index (χ0n) is 12.7. The molecule has 1 N–H and O–H groups in total. The highest BCUT2D eigenvalue weighted by atomic mass is 32.1. The normalized spacial score (nSPS) is 11.1. The van der Waals surface area contributed by atoms with Gasteiger partial charge in [-0.25, -0.2) is 9.97 Å². The zero-order valence-corrected chi connectivity index (χ0v) is 13.5. The number of hydrogen-bond donors (Lipinski definition) is 1. The van der Waals surface area contributed by atoms with Gasteiger partial charge in [0.2, 0.25) is 5.91 Å². The largest absolute Gasteiger partial charge is 0.308 e. The van der Waals surface area contributed by atoms with Gasteiger partial charge >= 0.3 is 0 Å². The van der Waals surface area contributed by atoms with E-state index in [1.54, 1.807) is 17.6 Å². The third kappa shape index (κ3) is 3.11. The molecule has 1 amide bonds. The number of nitrogens with one attached hydrogen (secondary N) is 1. The third-order valence-electron chi connectivity index (χ3n) is 3.30. The highest BCUT2D eigenvalue weighted by Crippen LogP contribution is 2.18. The van der Waals surface area contributed by atoms with Crippen LogP contribution in [-0.4, -0.2) is 25.4 Å². The number of hydrogen-bond acceptors (Lipinski definition) is 6. The Morgan fingerprint density at radius 2 is 2.09 bits per heavy atom. The van der Waals surface area contributed by atoms with E-state index in [9.17, 15) is 9.59 Å². The summed E-state index contributed by atoms with van der Waals surface area (Å²) in [5.74, 6) is 0.210.